The lowest BCUT2D eigenvalue weighted by atomic mass is 9.93. The van der Waals surface area contributed by atoms with Crippen molar-refractivity contribution in [1.29, 1.82) is 0 Å². The van der Waals surface area contributed by atoms with Gasteiger partial charge in [0, 0.05) is 32.9 Å². The molecule has 0 saturated carbocycles. The van der Waals surface area contributed by atoms with Crippen LogP contribution < -0.4 is 0 Å². The van der Waals surface area contributed by atoms with Crippen LogP contribution >= 0.6 is 15.5 Å². The zero-order valence-corrected chi connectivity index (χ0v) is 18.5. The molecule has 2 saturated heterocycles. The third-order valence-electron chi connectivity index (χ3n) is 4.51. The predicted octanol–water partition coefficient (Wildman–Crippen LogP) is -1.22. The highest BCUT2D eigenvalue weighted by Crippen LogP contribution is 2.56. The van der Waals surface area contributed by atoms with Gasteiger partial charge in [0.05, 0.1) is 6.61 Å². The van der Waals surface area contributed by atoms with Gasteiger partial charge < -0.3 is 28.9 Å². The molecular weight excluding hydrogens is 428 g/mol. The summed E-state index contributed by atoms with van der Waals surface area (Å²) in [6.07, 6.45) is -6.25. The van der Waals surface area contributed by atoms with Crippen molar-refractivity contribution < 1.29 is 52.0 Å². The Morgan fingerprint density at radius 1 is 1.03 bits per heavy atom. The fourth-order valence-corrected chi connectivity index (χ4v) is 4.94. The van der Waals surface area contributed by atoms with Crippen molar-refractivity contribution in [2.45, 2.75) is 48.6 Å². The summed E-state index contributed by atoms with van der Waals surface area (Å²) in [4.78, 5) is 10.6. The standard InChI is InChI=1S/C14H27B2O11P2/c1-21-5-7-11(9(17)13(15)24-7)27-29(4,20)23-6-8-12(10(18)14(16)25-8)26-28(3,19)22-2/h7-14,17-18,20H,5-6H2,1-4H3/q+1/t7-,8-,9+,10+,11?,12?,13-,14-,28?,29?/m1/s1. The molecule has 10 atom stereocenters. The fraction of sp³-hybridized carbons (Fsp3) is 1.00. The number of hydrogen-bond acceptors (Lipinski definition) is 11. The molecular formula is C14H27B2O11P2+. The maximum absolute atomic E-state index is 12.1. The molecule has 2 fully saturated rings. The van der Waals surface area contributed by atoms with Gasteiger partial charge in [-0.1, -0.05) is 0 Å². The minimum atomic E-state index is -3.50. The summed E-state index contributed by atoms with van der Waals surface area (Å²) in [5.74, 6) is 0. The van der Waals surface area contributed by atoms with E-state index in [1.54, 1.807) is 0 Å². The first-order chi connectivity index (χ1) is 13.4. The molecule has 29 heavy (non-hydrogen) atoms. The van der Waals surface area contributed by atoms with Crippen molar-refractivity contribution in [3.8, 4) is 0 Å². The van der Waals surface area contributed by atoms with E-state index < -0.39 is 64.2 Å². The van der Waals surface area contributed by atoms with Gasteiger partial charge in [0.2, 0.25) is 0 Å². The van der Waals surface area contributed by atoms with Crippen LogP contribution in [0.4, 0.5) is 0 Å². The minimum absolute atomic E-state index is 0.0843. The maximum atomic E-state index is 12.1. The van der Waals surface area contributed by atoms with E-state index in [1.165, 1.54) is 27.5 Å². The van der Waals surface area contributed by atoms with E-state index in [4.69, 9.17) is 48.0 Å². The van der Waals surface area contributed by atoms with Crippen LogP contribution in [0.25, 0.3) is 0 Å². The topological polar surface area (TPSA) is 142 Å². The van der Waals surface area contributed by atoms with Crippen LogP contribution in [0.3, 0.4) is 0 Å². The van der Waals surface area contributed by atoms with Crippen LogP contribution in [-0.4, -0.2) is 120 Å². The van der Waals surface area contributed by atoms with E-state index in [0.717, 1.165) is 0 Å². The Hall–Kier alpha value is 0.390. The first kappa shape index (κ1) is 25.6. The highest BCUT2D eigenvalue weighted by atomic mass is 31.2. The molecule has 15 heteroatoms. The molecule has 4 radical (unpaired) electrons. The van der Waals surface area contributed by atoms with Crippen LogP contribution in [-0.2, 0) is 36.9 Å². The number of rotatable bonds is 10. The van der Waals surface area contributed by atoms with Crippen molar-refractivity contribution in [1.82, 2.24) is 0 Å². The summed E-state index contributed by atoms with van der Waals surface area (Å²) in [5.41, 5.74) is 0. The molecule has 0 aromatic carbocycles. The molecule has 0 amide bonds. The summed E-state index contributed by atoms with van der Waals surface area (Å²) in [7, 11) is 7.03. The van der Waals surface area contributed by atoms with Gasteiger partial charge in [0.1, 0.15) is 59.5 Å². The summed E-state index contributed by atoms with van der Waals surface area (Å²) < 4.78 is 48.9. The lowest BCUT2D eigenvalue weighted by Gasteiger charge is -2.25. The van der Waals surface area contributed by atoms with E-state index in [0.29, 0.717) is 0 Å². The van der Waals surface area contributed by atoms with Gasteiger partial charge in [-0.3, -0.25) is 9.09 Å². The van der Waals surface area contributed by atoms with E-state index in [-0.39, 0.29) is 13.2 Å². The van der Waals surface area contributed by atoms with Gasteiger partial charge in [-0.2, -0.15) is 13.9 Å². The maximum Gasteiger partial charge on any atom is 0.406 e. The zero-order valence-electron chi connectivity index (χ0n) is 16.7. The monoisotopic (exact) mass is 455 g/mol. The molecule has 2 rings (SSSR count). The van der Waals surface area contributed by atoms with E-state index >= 15 is 0 Å². The molecule has 2 aliphatic heterocycles. The predicted molar refractivity (Wildman–Crippen MR) is 104 cm³/mol. The molecule has 4 unspecified atom stereocenters. The van der Waals surface area contributed by atoms with Crippen molar-refractivity contribution >= 4 is 31.2 Å². The Labute approximate surface area is 173 Å². The van der Waals surface area contributed by atoms with E-state index in [2.05, 4.69) is 0 Å². The second kappa shape index (κ2) is 10.3. The highest BCUT2D eigenvalue weighted by molar-refractivity contribution is 7.59. The first-order valence-corrected chi connectivity index (χ1v) is 12.8. The van der Waals surface area contributed by atoms with Crippen molar-refractivity contribution in [3.05, 3.63) is 0 Å². The van der Waals surface area contributed by atoms with Crippen LogP contribution in [0.5, 0.6) is 0 Å². The Balaban J connectivity index is 1.99. The Morgan fingerprint density at radius 3 is 2.07 bits per heavy atom. The zero-order chi connectivity index (χ0) is 22.0. The van der Waals surface area contributed by atoms with Gasteiger partial charge in [0.25, 0.3) is 0 Å². The SMILES string of the molecule is [B][C@@H]1O[C@H](CO[P+](C)(O)OC2[C@@H](COC)O[C@@H]([B])[C@H]2O)C(OP(C)(=O)OC)[C@@H]1O. The molecule has 0 aliphatic carbocycles. The molecule has 0 bridgehead atoms. The number of aliphatic hydroxyl groups is 2. The van der Waals surface area contributed by atoms with Crippen LogP contribution in [0.2, 0.25) is 0 Å². The van der Waals surface area contributed by atoms with Gasteiger partial charge in [0.15, 0.2) is 6.10 Å². The molecule has 3 N–H and O–H groups in total. The smallest absolute Gasteiger partial charge is 0.388 e. The average molecular weight is 455 g/mol. The van der Waals surface area contributed by atoms with Gasteiger partial charge in [-0.15, -0.1) is 0 Å². The highest BCUT2D eigenvalue weighted by Gasteiger charge is 2.52. The molecule has 0 spiro atoms. The molecule has 11 nitrogen and oxygen atoms in total. The van der Waals surface area contributed by atoms with Crippen LogP contribution in [0.1, 0.15) is 0 Å². The largest absolute Gasteiger partial charge is 0.406 e. The van der Waals surface area contributed by atoms with Gasteiger partial charge >= 0.3 is 15.5 Å². The molecule has 0 aromatic heterocycles. The Kier molecular flexibility index (Phi) is 9.14. The molecule has 2 heterocycles. The van der Waals surface area contributed by atoms with Crippen molar-refractivity contribution in [3.63, 3.8) is 0 Å². The number of hydrogen-bond donors (Lipinski definition) is 3. The molecule has 164 valence electrons. The number of aliphatic hydroxyl groups excluding tert-OH is 2. The van der Waals surface area contributed by atoms with Gasteiger partial charge in [-0.25, -0.2) is 0 Å². The van der Waals surface area contributed by atoms with Crippen LogP contribution in [0.15, 0.2) is 0 Å². The quantitative estimate of drug-likeness (QED) is 0.270. The third-order valence-corrected chi connectivity index (χ3v) is 7.07. The normalized spacial score (nSPS) is 41.9. The number of ether oxygens (including phenoxy) is 3. The summed E-state index contributed by atoms with van der Waals surface area (Å²) in [6, 6.07) is -2.11. The van der Waals surface area contributed by atoms with Crippen molar-refractivity contribution in [2.75, 3.05) is 40.8 Å². The summed E-state index contributed by atoms with van der Waals surface area (Å²) in [6.45, 7) is 2.31. The van der Waals surface area contributed by atoms with Gasteiger partial charge in [-0.05, 0) is 0 Å². The first-order valence-electron chi connectivity index (χ1n) is 8.81. The van der Waals surface area contributed by atoms with Crippen LogP contribution in [0, 0.1) is 0 Å². The molecule has 2 aliphatic rings. The lowest BCUT2D eigenvalue weighted by molar-refractivity contribution is -0.0306. The lowest BCUT2D eigenvalue weighted by Crippen LogP contribution is -2.38. The second-order valence-corrected chi connectivity index (χ2v) is 11.1. The van der Waals surface area contributed by atoms with Crippen molar-refractivity contribution in [2.24, 2.45) is 0 Å². The minimum Gasteiger partial charge on any atom is -0.388 e. The summed E-state index contributed by atoms with van der Waals surface area (Å²) in [5, 5.41) is 20.3. The summed E-state index contributed by atoms with van der Waals surface area (Å²) >= 11 is 0. The van der Waals surface area contributed by atoms with E-state index in [1.807, 2.05) is 0 Å². The second-order valence-electron chi connectivity index (χ2n) is 6.91. The third kappa shape index (κ3) is 6.68. The van der Waals surface area contributed by atoms with E-state index in [9.17, 15) is 19.7 Å². The fourth-order valence-electron chi connectivity index (χ4n) is 2.96. The average Bonchev–Trinajstić information content (AvgIpc) is 3.05. The Morgan fingerprint density at radius 2 is 1.55 bits per heavy atom. The molecule has 0 aromatic rings. The Bertz CT molecular complexity index is 586. The number of methoxy groups -OCH3 is 1.